The van der Waals surface area contributed by atoms with Gasteiger partial charge in [0.2, 0.25) is 23.6 Å². The summed E-state index contributed by atoms with van der Waals surface area (Å²) in [5.41, 5.74) is 6.03. The van der Waals surface area contributed by atoms with E-state index in [0.29, 0.717) is 28.3 Å². The molecule has 1 aromatic carbocycles. The fourth-order valence-electron chi connectivity index (χ4n) is 2.88. The first-order valence-electron chi connectivity index (χ1n) is 9.25. The summed E-state index contributed by atoms with van der Waals surface area (Å²) in [7, 11) is 5.26. The highest BCUT2D eigenvalue weighted by molar-refractivity contribution is 7.99. The SMILES string of the molecule is COc1nc(N2CCN(C)CC2)nc(OC)c1Sc1cccc(NC(=O)CN)c1. The number of methoxy groups -OCH3 is 2. The molecule has 1 fully saturated rings. The van der Waals surface area contributed by atoms with Crippen LogP contribution in [0.4, 0.5) is 11.6 Å². The maximum absolute atomic E-state index is 11.5. The number of benzene rings is 1. The Hall–Kier alpha value is -2.56. The molecule has 9 nitrogen and oxygen atoms in total. The number of carbonyl (C=O) groups excluding carboxylic acids is 1. The third-order valence-corrected chi connectivity index (χ3v) is 5.53. The molecule has 0 radical (unpaired) electrons. The van der Waals surface area contributed by atoms with Gasteiger partial charge in [0.15, 0.2) is 0 Å². The zero-order valence-electron chi connectivity index (χ0n) is 16.8. The molecule has 0 atom stereocenters. The van der Waals surface area contributed by atoms with Gasteiger partial charge >= 0.3 is 0 Å². The van der Waals surface area contributed by atoms with Gasteiger partial charge in [0.25, 0.3) is 0 Å². The summed E-state index contributed by atoms with van der Waals surface area (Å²) in [6.07, 6.45) is 0. The van der Waals surface area contributed by atoms with Gasteiger partial charge in [0.05, 0.1) is 20.8 Å². The first-order valence-corrected chi connectivity index (χ1v) is 10.1. The number of hydrogen-bond donors (Lipinski definition) is 2. The number of amides is 1. The van der Waals surface area contributed by atoms with E-state index in [1.165, 1.54) is 11.8 Å². The van der Waals surface area contributed by atoms with Crippen molar-refractivity contribution in [1.29, 1.82) is 0 Å². The molecular formula is C19H26N6O3S. The Morgan fingerprint density at radius 3 is 2.41 bits per heavy atom. The van der Waals surface area contributed by atoms with Gasteiger partial charge in [-0.2, -0.15) is 9.97 Å². The third kappa shape index (κ3) is 5.28. The Kier molecular flexibility index (Phi) is 7.13. The Morgan fingerprint density at radius 2 is 1.83 bits per heavy atom. The molecule has 1 saturated heterocycles. The fraction of sp³-hybridized carbons (Fsp3) is 0.421. The van der Waals surface area contributed by atoms with Crippen LogP contribution in [0, 0.1) is 0 Å². The van der Waals surface area contributed by atoms with E-state index in [9.17, 15) is 4.79 Å². The lowest BCUT2D eigenvalue weighted by atomic mass is 10.3. The van der Waals surface area contributed by atoms with Crippen LogP contribution >= 0.6 is 11.8 Å². The van der Waals surface area contributed by atoms with Crippen molar-refractivity contribution >= 4 is 29.3 Å². The van der Waals surface area contributed by atoms with Crippen LogP contribution < -0.4 is 25.4 Å². The molecule has 0 bridgehead atoms. The number of rotatable bonds is 7. The third-order valence-electron chi connectivity index (χ3n) is 4.49. The predicted octanol–water partition coefficient (Wildman–Crippen LogP) is 1.29. The first kappa shape index (κ1) is 21.2. The van der Waals surface area contributed by atoms with Crippen LogP contribution in [0.15, 0.2) is 34.1 Å². The zero-order chi connectivity index (χ0) is 20.8. The van der Waals surface area contributed by atoms with Crippen molar-refractivity contribution in [3.05, 3.63) is 24.3 Å². The number of hydrogen-bond acceptors (Lipinski definition) is 9. The topological polar surface area (TPSA) is 106 Å². The van der Waals surface area contributed by atoms with E-state index in [-0.39, 0.29) is 12.5 Å². The van der Waals surface area contributed by atoms with Crippen molar-refractivity contribution in [1.82, 2.24) is 14.9 Å². The number of piperazine rings is 1. The second-order valence-electron chi connectivity index (χ2n) is 6.54. The van der Waals surface area contributed by atoms with E-state index >= 15 is 0 Å². The summed E-state index contributed by atoms with van der Waals surface area (Å²) in [5.74, 6) is 1.25. The van der Waals surface area contributed by atoms with Gasteiger partial charge < -0.3 is 30.3 Å². The van der Waals surface area contributed by atoms with Crippen LogP contribution in [0.25, 0.3) is 0 Å². The molecule has 1 aliphatic heterocycles. The summed E-state index contributed by atoms with van der Waals surface area (Å²) >= 11 is 1.41. The molecule has 0 saturated carbocycles. The maximum atomic E-state index is 11.5. The van der Waals surface area contributed by atoms with E-state index in [2.05, 4.69) is 32.1 Å². The maximum Gasteiger partial charge on any atom is 0.238 e. The van der Waals surface area contributed by atoms with Crippen molar-refractivity contribution in [2.45, 2.75) is 9.79 Å². The van der Waals surface area contributed by atoms with Gasteiger partial charge in [-0.15, -0.1) is 0 Å². The predicted molar refractivity (Wildman–Crippen MR) is 113 cm³/mol. The fourth-order valence-corrected chi connectivity index (χ4v) is 3.88. The number of nitrogens with two attached hydrogens (primary N) is 1. The highest BCUT2D eigenvalue weighted by Gasteiger charge is 2.23. The standard InChI is InChI=1S/C19H26N6O3S/c1-24-7-9-25(10-8-24)19-22-17(27-2)16(18(23-19)28-3)29-14-6-4-5-13(11-14)21-15(26)12-20/h4-6,11H,7-10,12,20H2,1-3H3,(H,21,26). The summed E-state index contributed by atoms with van der Waals surface area (Å²) in [6, 6.07) is 7.44. The molecule has 29 heavy (non-hydrogen) atoms. The molecular weight excluding hydrogens is 392 g/mol. The molecule has 0 spiro atoms. The molecule has 0 aliphatic carbocycles. The van der Waals surface area contributed by atoms with Crippen LogP contribution in [0.2, 0.25) is 0 Å². The molecule has 2 heterocycles. The van der Waals surface area contributed by atoms with Crippen LogP contribution in [0.5, 0.6) is 11.8 Å². The van der Waals surface area contributed by atoms with E-state index in [4.69, 9.17) is 15.2 Å². The summed E-state index contributed by atoms with van der Waals surface area (Å²) in [4.78, 5) is 26.7. The first-order chi connectivity index (χ1) is 14.0. The van der Waals surface area contributed by atoms with Crippen molar-refractivity contribution in [3.63, 3.8) is 0 Å². The lowest BCUT2D eigenvalue weighted by molar-refractivity contribution is -0.114. The van der Waals surface area contributed by atoms with E-state index in [0.717, 1.165) is 31.1 Å². The molecule has 1 amide bonds. The normalized spacial score (nSPS) is 14.6. The summed E-state index contributed by atoms with van der Waals surface area (Å²) in [6.45, 7) is 3.52. The van der Waals surface area contributed by atoms with Gasteiger partial charge in [-0.1, -0.05) is 17.8 Å². The molecule has 2 aromatic rings. The quantitative estimate of drug-likeness (QED) is 0.688. The van der Waals surface area contributed by atoms with Gasteiger partial charge in [0.1, 0.15) is 4.90 Å². The summed E-state index contributed by atoms with van der Waals surface area (Å²) in [5, 5.41) is 2.75. The molecule has 0 unspecified atom stereocenters. The smallest absolute Gasteiger partial charge is 0.238 e. The van der Waals surface area contributed by atoms with Gasteiger partial charge in [-0.3, -0.25) is 4.79 Å². The van der Waals surface area contributed by atoms with Gasteiger partial charge in [-0.05, 0) is 25.2 Å². The number of ether oxygens (including phenoxy) is 2. The summed E-state index contributed by atoms with van der Waals surface area (Å²) < 4.78 is 11.1. The van der Waals surface area contributed by atoms with Crippen LogP contribution in [-0.2, 0) is 4.79 Å². The van der Waals surface area contributed by atoms with Crippen LogP contribution in [0.3, 0.4) is 0 Å². The molecule has 3 N–H and O–H groups in total. The molecule has 1 aromatic heterocycles. The number of aromatic nitrogens is 2. The minimum Gasteiger partial charge on any atom is -0.480 e. The molecule has 10 heteroatoms. The lowest BCUT2D eigenvalue weighted by Crippen LogP contribution is -2.45. The number of carbonyl (C=O) groups is 1. The molecule has 3 rings (SSSR count). The second-order valence-corrected chi connectivity index (χ2v) is 7.63. The average Bonchev–Trinajstić information content (AvgIpc) is 2.74. The molecule has 156 valence electrons. The van der Waals surface area contributed by atoms with Crippen molar-refractivity contribution < 1.29 is 14.3 Å². The number of nitrogens with one attached hydrogen (secondary N) is 1. The van der Waals surface area contributed by atoms with Gasteiger partial charge in [-0.25, -0.2) is 0 Å². The number of anilines is 2. The Bertz CT molecular complexity index is 833. The number of likely N-dealkylation sites (N-methyl/N-ethyl adjacent to an activating group) is 1. The van der Waals surface area contributed by atoms with Crippen LogP contribution in [-0.4, -0.2) is 74.8 Å². The lowest BCUT2D eigenvalue weighted by Gasteiger charge is -2.32. The monoisotopic (exact) mass is 418 g/mol. The largest absolute Gasteiger partial charge is 0.480 e. The Labute approximate surface area is 174 Å². The number of nitrogens with zero attached hydrogens (tertiary/aromatic N) is 4. The van der Waals surface area contributed by atoms with E-state index < -0.39 is 0 Å². The highest BCUT2D eigenvalue weighted by Crippen LogP contribution is 2.41. The zero-order valence-corrected chi connectivity index (χ0v) is 17.7. The van der Waals surface area contributed by atoms with E-state index in [1.807, 2.05) is 18.2 Å². The highest BCUT2D eigenvalue weighted by atomic mass is 32.2. The Balaban J connectivity index is 1.87. The van der Waals surface area contributed by atoms with Gasteiger partial charge in [0, 0.05) is 36.8 Å². The second kappa shape index (κ2) is 9.77. The van der Waals surface area contributed by atoms with Crippen LogP contribution in [0.1, 0.15) is 0 Å². The van der Waals surface area contributed by atoms with E-state index in [1.54, 1.807) is 20.3 Å². The Morgan fingerprint density at radius 1 is 1.17 bits per heavy atom. The van der Waals surface area contributed by atoms with Crippen molar-refractivity contribution in [2.24, 2.45) is 5.73 Å². The van der Waals surface area contributed by atoms with Crippen molar-refractivity contribution in [2.75, 3.05) is 64.2 Å². The minimum absolute atomic E-state index is 0.0688. The average molecular weight is 419 g/mol. The molecule has 1 aliphatic rings. The van der Waals surface area contributed by atoms with Crippen molar-refractivity contribution in [3.8, 4) is 11.8 Å². The minimum atomic E-state index is -0.248.